The molecule has 7 heteroatoms. The molecule has 0 saturated carbocycles. The largest absolute Gasteiger partial charge is 0.421 e. The molecular formula is C12H5BrCl3NO2. The summed E-state index contributed by atoms with van der Waals surface area (Å²) in [5.41, 5.74) is 0.188. The van der Waals surface area contributed by atoms with E-state index in [-0.39, 0.29) is 21.5 Å². The lowest BCUT2D eigenvalue weighted by Gasteiger charge is -2.06. The zero-order valence-electron chi connectivity index (χ0n) is 9.16. The van der Waals surface area contributed by atoms with Gasteiger partial charge < -0.3 is 4.74 Å². The van der Waals surface area contributed by atoms with E-state index in [1.807, 2.05) is 0 Å². The third-order valence-corrected chi connectivity index (χ3v) is 3.60. The van der Waals surface area contributed by atoms with Crippen LogP contribution in [0.5, 0.6) is 5.75 Å². The number of benzene rings is 1. The minimum absolute atomic E-state index is 0.125. The van der Waals surface area contributed by atoms with Crippen molar-refractivity contribution in [2.24, 2.45) is 0 Å². The number of hydrogen-bond acceptors (Lipinski definition) is 3. The van der Waals surface area contributed by atoms with Crippen LogP contribution in [0, 0.1) is 0 Å². The molecule has 1 aromatic carbocycles. The first-order valence-corrected chi connectivity index (χ1v) is 6.88. The van der Waals surface area contributed by atoms with Gasteiger partial charge >= 0.3 is 5.97 Å². The van der Waals surface area contributed by atoms with Gasteiger partial charge in [-0.1, -0.05) is 50.7 Å². The minimum atomic E-state index is -0.615. The quantitative estimate of drug-likeness (QED) is 0.416. The number of carbonyl (C=O) groups excluding carboxylic acids is 1. The average Bonchev–Trinajstić information content (AvgIpc) is 2.36. The maximum absolute atomic E-state index is 11.9. The molecule has 2 rings (SSSR count). The number of esters is 1. The monoisotopic (exact) mass is 379 g/mol. The first-order chi connectivity index (χ1) is 8.97. The van der Waals surface area contributed by atoms with E-state index in [1.165, 1.54) is 12.3 Å². The van der Waals surface area contributed by atoms with Crippen LogP contribution in [-0.2, 0) is 0 Å². The van der Waals surface area contributed by atoms with Crippen LogP contribution >= 0.6 is 50.7 Å². The van der Waals surface area contributed by atoms with Crippen molar-refractivity contribution >= 4 is 56.7 Å². The number of carbonyl (C=O) groups is 1. The summed E-state index contributed by atoms with van der Waals surface area (Å²) in [7, 11) is 0. The van der Waals surface area contributed by atoms with Gasteiger partial charge in [0.25, 0.3) is 0 Å². The van der Waals surface area contributed by atoms with E-state index in [0.717, 1.165) is 4.47 Å². The van der Waals surface area contributed by atoms with Gasteiger partial charge in [-0.25, -0.2) is 9.78 Å². The van der Waals surface area contributed by atoms with E-state index in [2.05, 4.69) is 20.9 Å². The fourth-order valence-electron chi connectivity index (χ4n) is 1.25. The van der Waals surface area contributed by atoms with Crippen LogP contribution in [0.25, 0.3) is 0 Å². The Morgan fingerprint density at radius 2 is 1.89 bits per heavy atom. The molecule has 0 fully saturated rings. The standard InChI is InChI=1S/C12H5BrCl3NO2/c13-7-1-2-10(8(14)4-7)19-12(18)6-3-9(15)11(16)17-5-6/h1-5H. The summed E-state index contributed by atoms with van der Waals surface area (Å²) in [6, 6.07) is 6.29. The van der Waals surface area contributed by atoms with Crippen LogP contribution in [0.2, 0.25) is 15.2 Å². The lowest BCUT2D eigenvalue weighted by molar-refractivity contribution is 0.0734. The number of hydrogen-bond donors (Lipinski definition) is 0. The topological polar surface area (TPSA) is 39.2 Å². The fourth-order valence-corrected chi connectivity index (χ4v) is 2.23. The zero-order chi connectivity index (χ0) is 14.0. The molecule has 1 aromatic heterocycles. The summed E-state index contributed by atoms with van der Waals surface area (Å²) in [5, 5.41) is 0.619. The van der Waals surface area contributed by atoms with E-state index in [9.17, 15) is 4.79 Å². The Labute approximate surface area is 132 Å². The molecule has 2 aromatic rings. The van der Waals surface area contributed by atoms with Crippen molar-refractivity contribution in [3.05, 3.63) is 55.7 Å². The Hall–Kier alpha value is -0.810. The molecule has 0 bridgehead atoms. The maximum atomic E-state index is 11.9. The second kappa shape index (κ2) is 6.09. The first-order valence-electron chi connectivity index (χ1n) is 4.95. The number of aromatic nitrogens is 1. The molecule has 0 aliphatic carbocycles. The molecule has 0 aliphatic heterocycles. The summed E-state index contributed by atoms with van der Waals surface area (Å²) in [6.45, 7) is 0. The van der Waals surface area contributed by atoms with Gasteiger partial charge in [0.2, 0.25) is 0 Å². The number of pyridine rings is 1. The normalized spacial score (nSPS) is 10.3. The highest BCUT2D eigenvalue weighted by Gasteiger charge is 2.13. The Morgan fingerprint density at radius 3 is 2.53 bits per heavy atom. The van der Waals surface area contributed by atoms with Crippen LogP contribution < -0.4 is 4.74 Å². The Bertz CT molecular complexity index is 649. The molecular weight excluding hydrogens is 376 g/mol. The van der Waals surface area contributed by atoms with Gasteiger partial charge in [-0.3, -0.25) is 0 Å². The molecule has 0 unspecified atom stereocenters. The molecule has 0 atom stereocenters. The van der Waals surface area contributed by atoms with Gasteiger partial charge in [0, 0.05) is 10.7 Å². The second-order valence-electron chi connectivity index (χ2n) is 3.46. The number of ether oxygens (including phenoxy) is 1. The maximum Gasteiger partial charge on any atom is 0.345 e. The lowest BCUT2D eigenvalue weighted by atomic mass is 10.3. The third kappa shape index (κ3) is 3.60. The van der Waals surface area contributed by atoms with Crippen LogP contribution in [0.1, 0.15) is 10.4 Å². The van der Waals surface area contributed by atoms with Gasteiger partial charge in [0.05, 0.1) is 15.6 Å². The van der Waals surface area contributed by atoms with Crippen LogP contribution in [0.15, 0.2) is 34.9 Å². The van der Waals surface area contributed by atoms with Crippen molar-refractivity contribution in [2.75, 3.05) is 0 Å². The summed E-state index contributed by atoms with van der Waals surface area (Å²) in [4.78, 5) is 15.7. The predicted molar refractivity (Wildman–Crippen MR) is 78.4 cm³/mol. The smallest absolute Gasteiger partial charge is 0.345 e. The molecule has 19 heavy (non-hydrogen) atoms. The summed E-state index contributed by atoms with van der Waals surface area (Å²) < 4.78 is 5.93. The summed E-state index contributed by atoms with van der Waals surface area (Å²) >= 11 is 20.7. The van der Waals surface area contributed by atoms with Gasteiger partial charge in [0.15, 0.2) is 0 Å². The Morgan fingerprint density at radius 1 is 1.16 bits per heavy atom. The Kier molecular flexibility index (Phi) is 4.68. The van der Waals surface area contributed by atoms with Crippen LogP contribution in [0.3, 0.4) is 0 Å². The van der Waals surface area contributed by atoms with E-state index in [0.29, 0.717) is 5.02 Å². The van der Waals surface area contributed by atoms with E-state index in [4.69, 9.17) is 39.5 Å². The van der Waals surface area contributed by atoms with Crippen molar-refractivity contribution in [2.45, 2.75) is 0 Å². The zero-order valence-corrected chi connectivity index (χ0v) is 13.0. The van der Waals surface area contributed by atoms with Crippen molar-refractivity contribution in [1.82, 2.24) is 4.98 Å². The summed E-state index contributed by atoms with van der Waals surface area (Å²) in [5.74, 6) is -0.365. The molecule has 0 N–H and O–H groups in total. The highest BCUT2D eigenvalue weighted by Crippen LogP contribution is 2.28. The fraction of sp³-hybridized carbons (Fsp3) is 0. The van der Waals surface area contributed by atoms with Crippen LogP contribution in [-0.4, -0.2) is 11.0 Å². The van der Waals surface area contributed by atoms with E-state index >= 15 is 0 Å². The molecule has 3 nitrogen and oxygen atoms in total. The molecule has 98 valence electrons. The Balaban J connectivity index is 2.23. The van der Waals surface area contributed by atoms with Gasteiger partial charge in [-0.15, -0.1) is 0 Å². The second-order valence-corrected chi connectivity index (χ2v) is 5.55. The molecule has 0 aliphatic rings. The van der Waals surface area contributed by atoms with E-state index in [1.54, 1.807) is 18.2 Å². The van der Waals surface area contributed by atoms with Crippen molar-refractivity contribution < 1.29 is 9.53 Å². The van der Waals surface area contributed by atoms with Gasteiger partial charge in [0.1, 0.15) is 10.9 Å². The van der Waals surface area contributed by atoms with Crippen molar-refractivity contribution in [3.63, 3.8) is 0 Å². The number of nitrogens with zero attached hydrogens (tertiary/aromatic N) is 1. The lowest BCUT2D eigenvalue weighted by Crippen LogP contribution is -2.09. The predicted octanol–water partition coefficient (Wildman–Crippen LogP) is 5.02. The van der Waals surface area contributed by atoms with Gasteiger partial charge in [-0.05, 0) is 24.3 Å². The van der Waals surface area contributed by atoms with Gasteiger partial charge in [-0.2, -0.15) is 0 Å². The van der Waals surface area contributed by atoms with E-state index < -0.39 is 5.97 Å². The molecule has 0 saturated heterocycles. The minimum Gasteiger partial charge on any atom is -0.421 e. The number of halogens is 4. The SMILES string of the molecule is O=C(Oc1ccc(Br)cc1Cl)c1cnc(Cl)c(Cl)c1. The molecule has 1 heterocycles. The third-order valence-electron chi connectivity index (χ3n) is 2.13. The highest BCUT2D eigenvalue weighted by atomic mass is 79.9. The first kappa shape index (κ1) is 14.6. The molecule has 0 radical (unpaired) electrons. The molecule has 0 spiro atoms. The van der Waals surface area contributed by atoms with Crippen molar-refractivity contribution in [3.8, 4) is 5.75 Å². The highest BCUT2D eigenvalue weighted by molar-refractivity contribution is 9.10. The molecule has 0 amide bonds. The number of rotatable bonds is 2. The average molecular weight is 381 g/mol. The van der Waals surface area contributed by atoms with Crippen molar-refractivity contribution in [1.29, 1.82) is 0 Å². The summed E-state index contributed by atoms with van der Waals surface area (Å²) in [6.07, 6.45) is 1.28. The van der Waals surface area contributed by atoms with Crippen LogP contribution in [0.4, 0.5) is 0 Å².